The summed E-state index contributed by atoms with van der Waals surface area (Å²) in [6, 6.07) is 16.2. The fourth-order valence-electron chi connectivity index (χ4n) is 2.20. The number of halogens is 2. The van der Waals surface area contributed by atoms with Crippen LogP contribution < -0.4 is 10.1 Å². The Kier molecular flexibility index (Phi) is 8.98. The molecule has 2 aromatic rings. The fraction of sp³-hybridized carbons (Fsp3) is 0.333. The molecule has 1 N–H and O–H groups in total. The van der Waals surface area contributed by atoms with Gasteiger partial charge < -0.3 is 10.1 Å². The van der Waals surface area contributed by atoms with E-state index in [-0.39, 0.29) is 12.4 Å². The minimum absolute atomic E-state index is 0. The lowest BCUT2D eigenvalue weighted by atomic mass is 10.0. The maximum absolute atomic E-state index is 5.93. The van der Waals surface area contributed by atoms with Gasteiger partial charge in [0.25, 0.3) is 0 Å². The van der Waals surface area contributed by atoms with Crippen molar-refractivity contribution in [3.8, 4) is 5.75 Å². The molecular formula is C18H23Cl2NO. The molecule has 2 rings (SSSR count). The van der Waals surface area contributed by atoms with E-state index in [4.69, 9.17) is 16.3 Å². The summed E-state index contributed by atoms with van der Waals surface area (Å²) in [5.41, 5.74) is 2.46. The van der Waals surface area contributed by atoms with Crippen LogP contribution in [-0.4, -0.2) is 20.2 Å². The van der Waals surface area contributed by atoms with Crippen molar-refractivity contribution in [2.75, 3.05) is 20.2 Å². The van der Waals surface area contributed by atoms with Crippen LogP contribution >= 0.6 is 24.0 Å². The lowest BCUT2D eigenvalue weighted by molar-refractivity contribution is 0.304. The number of nitrogens with one attached hydrogen (secondary N) is 1. The molecule has 0 bridgehead atoms. The Morgan fingerprint density at radius 1 is 1.00 bits per heavy atom. The van der Waals surface area contributed by atoms with Crippen LogP contribution in [0, 0.1) is 0 Å². The molecule has 22 heavy (non-hydrogen) atoms. The first kappa shape index (κ1) is 18.8. The lowest BCUT2D eigenvalue weighted by Crippen LogP contribution is -2.09. The quantitative estimate of drug-likeness (QED) is 0.702. The van der Waals surface area contributed by atoms with Crippen molar-refractivity contribution in [1.82, 2.24) is 5.32 Å². The van der Waals surface area contributed by atoms with E-state index >= 15 is 0 Å². The minimum Gasteiger partial charge on any atom is -0.493 e. The van der Waals surface area contributed by atoms with E-state index in [0.29, 0.717) is 0 Å². The SMILES string of the molecule is CNCCCCOc1ccccc1Cc1ccc(Cl)cc1.Cl. The summed E-state index contributed by atoms with van der Waals surface area (Å²) in [4.78, 5) is 0. The van der Waals surface area contributed by atoms with Crippen LogP contribution in [0.2, 0.25) is 5.02 Å². The number of unbranched alkanes of at least 4 members (excludes halogenated alkanes) is 1. The number of benzene rings is 2. The third-order valence-electron chi connectivity index (χ3n) is 3.36. The normalized spacial score (nSPS) is 10.1. The van der Waals surface area contributed by atoms with Gasteiger partial charge in [-0.3, -0.25) is 0 Å². The Bertz CT molecular complexity index is 543. The maximum Gasteiger partial charge on any atom is 0.122 e. The second kappa shape index (κ2) is 10.5. The van der Waals surface area contributed by atoms with Crippen LogP contribution in [0.15, 0.2) is 48.5 Å². The molecule has 4 heteroatoms. The molecule has 0 spiro atoms. The van der Waals surface area contributed by atoms with E-state index in [1.807, 2.05) is 31.3 Å². The third-order valence-corrected chi connectivity index (χ3v) is 3.61. The topological polar surface area (TPSA) is 21.3 Å². The fourth-order valence-corrected chi connectivity index (χ4v) is 2.32. The zero-order chi connectivity index (χ0) is 14.9. The molecule has 0 atom stereocenters. The Morgan fingerprint density at radius 2 is 1.73 bits per heavy atom. The van der Waals surface area contributed by atoms with E-state index in [1.165, 1.54) is 11.1 Å². The second-order valence-electron chi connectivity index (χ2n) is 5.07. The Labute approximate surface area is 144 Å². The molecule has 2 aromatic carbocycles. The number of para-hydroxylation sites is 1. The average molecular weight is 340 g/mol. The molecule has 0 heterocycles. The van der Waals surface area contributed by atoms with Crippen molar-refractivity contribution in [3.63, 3.8) is 0 Å². The molecule has 0 aromatic heterocycles. The van der Waals surface area contributed by atoms with E-state index in [1.54, 1.807) is 0 Å². The molecule has 0 fully saturated rings. The van der Waals surface area contributed by atoms with Crippen molar-refractivity contribution < 1.29 is 4.74 Å². The van der Waals surface area contributed by atoms with Crippen molar-refractivity contribution in [2.45, 2.75) is 19.3 Å². The summed E-state index contributed by atoms with van der Waals surface area (Å²) in [6.45, 7) is 1.80. The summed E-state index contributed by atoms with van der Waals surface area (Å²) in [6.07, 6.45) is 3.07. The molecule has 0 amide bonds. The highest BCUT2D eigenvalue weighted by molar-refractivity contribution is 6.30. The maximum atomic E-state index is 5.93. The highest BCUT2D eigenvalue weighted by Crippen LogP contribution is 2.22. The first-order chi connectivity index (χ1) is 10.3. The van der Waals surface area contributed by atoms with Gasteiger partial charge in [0.15, 0.2) is 0 Å². The van der Waals surface area contributed by atoms with Gasteiger partial charge in [-0.05, 0) is 55.8 Å². The number of hydrogen-bond acceptors (Lipinski definition) is 2. The highest BCUT2D eigenvalue weighted by Gasteiger charge is 2.04. The number of ether oxygens (including phenoxy) is 1. The van der Waals surface area contributed by atoms with Gasteiger partial charge in [0.05, 0.1) is 6.61 Å². The first-order valence-electron chi connectivity index (χ1n) is 7.39. The summed E-state index contributed by atoms with van der Waals surface area (Å²) in [7, 11) is 1.97. The number of hydrogen-bond donors (Lipinski definition) is 1. The predicted octanol–water partition coefficient (Wildman–Crippen LogP) is 4.73. The van der Waals surface area contributed by atoms with Crippen molar-refractivity contribution in [1.29, 1.82) is 0 Å². The van der Waals surface area contributed by atoms with Gasteiger partial charge >= 0.3 is 0 Å². The van der Waals surface area contributed by atoms with Crippen LogP contribution in [-0.2, 0) is 6.42 Å². The molecule has 0 radical (unpaired) electrons. The molecule has 2 nitrogen and oxygen atoms in total. The van der Waals surface area contributed by atoms with Crippen LogP contribution in [0.25, 0.3) is 0 Å². The molecule has 0 aliphatic heterocycles. The third kappa shape index (κ3) is 6.27. The zero-order valence-electron chi connectivity index (χ0n) is 12.8. The Balaban J connectivity index is 0.00000242. The molecule has 0 unspecified atom stereocenters. The highest BCUT2D eigenvalue weighted by atomic mass is 35.5. The van der Waals surface area contributed by atoms with Gasteiger partial charge in [0.2, 0.25) is 0 Å². The van der Waals surface area contributed by atoms with E-state index in [9.17, 15) is 0 Å². The summed E-state index contributed by atoms with van der Waals surface area (Å²) < 4.78 is 5.93. The largest absolute Gasteiger partial charge is 0.493 e. The molecule has 0 aliphatic carbocycles. The van der Waals surface area contributed by atoms with Crippen molar-refractivity contribution in [3.05, 3.63) is 64.7 Å². The predicted molar refractivity (Wildman–Crippen MR) is 96.6 cm³/mol. The van der Waals surface area contributed by atoms with E-state index < -0.39 is 0 Å². The van der Waals surface area contributed by atoms with Crippen molar-refractivity contribution >= 4 is 24.0 Å². The second-order valence-corrected chi connectivity index (χ2v) is 5.51. The van der Waals surface area contributed by atoms with Gasteiger partial charge in [0, 0.05) is 11.4 Å². The van der Waals surface area contributed by atoms with Gasteiger partial charge in [-0.2, -0.15) is 0 Å². The van der Waals surface area contributed by atoms with Crippen LogP contribution in [0.4, 0.5) is 0 Å². The minimum atomic E-state index is 0. The summed E-state index contributed by atoms with van der Waals surface area (Å²) >= 11 is 5.93. The average Bonchev–Trinajstić information content (AvgIpc) is 2.51. The van der Waals surface area contributed by atoms with Crippen LogP contribution in [0.5, 0.6) is 5.75 Å². The molecule has 0 aliphatic rings. The van der Waals surface area contributed by atoms with Gasteiger partial charge in [0.1, 0.15) is 5.75 Å². The lowest BCUT2D eigenvalue weighted by Gasteiger charge is -2.11. The van der Waals surface area contributed by atoms with E-state index in [2.05, 4.69) is 29.6 Å². The van der Waals surface area contributed by atoms with Crippen LogP contribution in [0.1, 0.15) is 24.0 Å². The standard InChI is InChI=1S/C18H22ClNO.ClH/c1-20-12-4-5-13-21-18-7-3-2-6-16(18)14-15-8-10-17(19)11-9-15;/h2-3,6-11,20H,4-5,12-14H2,1H3;1H. The van der Waals surface area contributed by atoms with Gasteiger partial charge in [-0.25, -0.2) is 0 Å². The Hall–Kier alpha value is -1.22. The molecule has 0 saturated heterocycles. The molecule has 0 saturated carbocycles. The van der Waals surface area contributed by atoms with Gasteiger partial charge in [-0.1, -0.05) is 41.9 Å². The molecular weight excluding hydrogens is 317 g/mol. The monoisotopic (exact) mass is 339 g/mol. The summed E-state index contributed by atoms with van der Waals surface area (Å²) in [5, 5.41) is 3.92. The Morgan fingerprint density at radius 3 is 2.45 bits per heavy atom. The zero-order valence-corrected chi connectivity index (χ0v) is 14.4. The van der Waals surface area contributed by atoms with Crippen molar-refractivity contribution in [2.24, 2.45) is 0 Å². The van der Waals surface area contributed by atoms with E-state index in [0.717, 1.165) is 43.2 Å². The van der Waals surface area contributed by atoms with Crippen LogP contribution in [0.3, 0.4) is 0 Å². The number of rotatable bonds is 8. The smallest absolute Gasteiger partial charge is 0.122 e. The van der Waals surface area contributed by atoms with Gasteiger partial charge in [-0.15, -0.1) is 12.4 Å². The molecule has 120 valence electrons. The first-order valence-corrected chi connectivity index (χ1v) is 7.77. The summed E-state index contributed by atoms with van der Waals surface area (Å²) in [5.74, 6) is 0.983.